The van der Waals surface area contributed by atoms with Gasteiger partial charge in [0, 0.05) is 30.8 Å². The summed E-state index contributed by atoms with van der Waals surface area (Å²) < 4.78 is 10.7. The normalized spacial score (nSPS) is 16.3. The zero-order chi connectivity index (χ0) is 24.1. The van der Waals surface area contributed by atoms with Crippen LogP contribution in [0.25, 0.3) is 0 Å². The van der Waals surface area contributed by atoms with E-state index in [1.54, 1.807) is 18.2 Å². The molecule has 2 aromatic carbocycles. The van der Waals surface area contributed by atoms with Gasteiger partial charge in [0.25, 0.3) is 11.8 Å². The van der Waals surface area contributed by atoms with Crippen LogP contribution in [0.1, 0.15) is 47.4 Å². The Balaban J connectivity index is 1.44. The van der Waals surface area contributed by atoms with E-state index in [1.165, 1.54) is 0 Å². The van der Waals surface area contributed by atoms with Gasteiger partial charge in [0.1, 0.15) is 6.04 Å². The molecule has 180 valence electrons. The van der Waals surface area contributed by atoms with Crippen molar-refractivity contribution in [1.29, 1.82) is 0 Å². The van der Waals surface area contributed by atoms with Gasteiger partial charge < -0.3 is 25.0 Å². The molecule has 2 aliphatic heterocycles. The summed E-state index contributed by atoms with van der Waals surface area (Å²) in [5.41, 5.74) is 1.06. The highest BCUT2D eigenvalue weighted by atomic mass is 16.7. The zero-order valence-corrected chi connectivity index (χ0v) is 19.6. The van der Waals surface area contributed by atoms with Gasteiger partial charge in [-0.15, -0.1) is 0 Å². The zero-order valence-electron chi connectivity index (χ0n) is 19.6. The molecule has 0 aromatic heterocycles. The highest BCUT2D eigenvalue weighted by Crippen LogP contribution is 2.32. The molecule has 8 heteroatoms. The predicted octanol–water partition coefficient (Wildman–Crippen LogP) is 2.84. The molecule has 0 spiro atoms. The van der Waals surface area contributed by atoms with Crippen LogP contribution in [0.3, 0.4) is 0 Å². The van der Waals surface area contributed by atoms with Crippen LogP contribution < -0.4 is 20.1 Å². The summed E-state index contributed by atoms with van der Waals surface area (Å²) in [5, 5.41) is 5.90. The van der Waals surface area contributed by atoms with Crippen molar-refractivity contribution in [2.24, 2.45) is 11.8 Å². The standard InChI is InChI=1S/C26H31N3O5/c1-17(2)15-27-25(31)23(28-24(30)20-8-9-21-22(14-20)34-16-33-21)18-10-12-29(13-11-18)26(32)19-6-4-3-5-7-19/h3-9,14,17-18,23H,10-13,15-16H2,1-2H3,(H,27,31)(H,28,30)/t23-/m1/s1. The molecular formula is C26H31N3O5. The number of carbonyl (C=O) groups excluding carboxylic acids is 3. The second-order valence-corrected chi connectivity index (χ2v) is 9.15. The van der Waals surface area contributed by atoms with E-state index in [0.29, 0.717) is 61.0 Å². The van der Waals surface area contributed by atoms with Crippen LogP contribution in [0.2, 0.25) is 0 Å². The molecule has 1 fully saturated rings. The van der Waals surface area contributed by atoms with E-state index in [4.69, 9.17) is 9.47 Å². The van der Waals surface area contributed by atoms with Crippen LogP contribution in [0, 0.1) is 11.8 Å². The molecule has 4 rings (SSSR count). The van der Waals surface area contributed by atoms with Crippen LogP contribution in [0.15, 0.2) is 48.5 Å². The molecule has 2 N–H and O–H groups in total. The summed E-state index contributed by atoms with van der Waals surface area (Å²) in [7, 11) is 0. The maximum absolute atomic E-state index is 13.1. The molecule has 1 saturated heterocycles. The van der Waals surface area contributed by atoms with Crippen molar-refractivity contribution in [1.82, 2.24) is 15.5 Å². The van der Waals surface area contributed by atoms with Gasteiger partial charge >= 0.3 is 0 Å². The van der Waals surface area contributed by atoms with E-state index in [-0.39, 0.29) is 30.4 Å². The summed E-state index contributed by atoms with van der Waals surface area (Å²) >= 11 is 0. The topological polar surface area (TPSA) is 97.0 Å². The molecule has 0 saturated carbocycles. The Morgan fingerprint density at radius 2 is 1.68 bits per heavy atom. The summed E-state index contributed by atoms with van der Waals surface area (Å²) in [6, 6.07) is 13.5. The number of nitrogens with zero attached hydrogens (tertiary/aromatic N) is 1. The first-order chi connectivity index (χ1) is 16.4. The molecule has 0 aliphatic carbocycles. The number of piperidine rings is 1. The van der Waals surface area contributed by atoms with E-state index in [0.717, 1.165) is 0 Å². The smallest absolute Gasteiger partial charge is 0.253 e. The van der Waals surface area contributed by atoms with Gasteiger partial charge in [-0.2, -0.15) is 0 Å². The molecule has 8 nitrogen and oxygen atoms in total. The summed E-state index contributed by atoms with van der Waals surface area (Å²) in [4.78, 5) is 40.7. The van der Waals surface area contributed by atoms with Crippen molar-refractivity contribution < 1.29 is 23.9 Å². The number of hydrogen-bond donors (Lipinski definition) is 2. The third kappa shape index (κ3) is 5.50. The maximum Gasteiger partial charge on any atom is 0.253 e. The third-order valence-corrected chi connectivity index (χ3v) is 6.21. The molecule has 1 atom stereocenters. The Morgan fingerprint density at radius 1 is 0.971 bits per heavy atom. The van der Waals surface area contributed by atoms with Crippen LogP contribution in [-0.4, -0.2) is 55.1 Å². The van der Waals surface area contributed by atoms with Gasteiger partial charge in [-0.05, 0) is 55.0 Å². The van der Waals surface area contributed by atoms with Gasteiger partial charge in [0.05, 0.1) is 0 Å². The molecule has 2 aliphatic rings. The fraction of sp³-hybridized carbons (Fsp3) is 0.423. The minimum Gasteiger partial charge on any atom is -0.454 e. The van der Waals surface area contributed by atoms with E-state index in [2.05, 4.69) is 10.6 Å². The first-order valence-corrected chi connectivity index (χ1v) is 11.7. The van der Waals surface area contributed by atoms with Crippen LogP contribution in [0.5, 0.6) is 11.5 Å². The minimum absolute atomic E-state index is 0.00995. The maximum atomic E-state index is 13.1. The van der Waals surface area contributed by atoms with Gasteiger partial charge in [-0.1, -0.05) is 32.0 Å². The first kappa shape index (κ1) is 23.6. The highest BCUT2D eigenvalue weighted by Gasteiger charge is 2.34. The summed E-state index contributed by atoms with van der Waals surface area (Å²) in [5.74, 6) is 0.773. The predicted molar refractivity (Wildman–Crippen MR) is 127 cm³/mol. The molecule has 2 heterocycles. The average molecular weight is 466 g/mol. The number of nitrogens with one attached hydrogen (secondary N) is 2. The molecule has 0 unspecified atom stereocenters. The average Bonchev–Trinajstić information content (AvgIpc) is 3.34. The van der Waals surface area contributed by atoms with Gasteiger partial charge in [-0.25, -0.2) is 0 Å². The second kappa shape index (κ2) is 10.6. The monoisotopic (exact) mass is 465 g/mol. The van der Waals surface area contributed by atoms with E-state index in [1.807, 2.05) is 49.1 Å². The lowest BCUT2D eigenvalue weighted by molar-refractivity contribution is -0.124. The van der Waals surface area contributed by atoms with Crippen molar-refractivity contribution in [3.05, 3.63) is 59.7 Å². The van der Waals surface area contributed by atoms with E-state index < -0.39 is 6.04 Å². The number of rotatable bonds is 7. The van der Waals surface area contributed by atoms with Crippen molar-refractivity contribution in [2.75, 3.05) is 26.4 Å². The Labute approximate surface area is 199 Å². The first-order valence-electron chi connectivity index (χ1n) is 11.7. The molecule has 0 radical (unpaired) electrons. The fourth-order valence-corrected chi connectivity index (χ4v) is 4.27. The summed E-state index contributed by atoms with van der Waals surface area (Å²) in [6.07, 6.45) is 1.25. The van der Waals surface area contributed by atoms with Crippen molar-refractivity contribution >= 4 is 17.7 Å². The van der Waals surface area contributed by atoms with Crippen LogP contribution >= 0.6 is 0 Å². The van der Waals surface area contributed by atoms with Gasteiger partial charge in [-0.3, -0.25) is 14.4 Å². The second-order valence-electron chi connectivity index (χ2n) is 9.15. The van der Waals surface area contributed by atoms with Gasteiger partial charge in [0.15, 0.2) is 11.5 Å². The Morgan fingerprint density at radius 3 is 2.38 bits per heavy atom. The van der Waals surface area contributed by atoms with Crippen LogP contribution in [0.4, 0.5) is 0 Å². The van der Waals surface area contributed by atoms with E-state index in [9.17, 15) is 14.4 Å². The minimum atomic E-state index is -0.689. The molecule has 0 bridgehead atoms. The van der Waals surface area contributed by atoms with Crippen molar-refractivity contribution in [2.45, 2.75) is 32.7 Å². The molecule has 34 heavy (non-hydrogen) atoms. The lowest BCUT2D eigenvalue weighted by atomic mass is 9.88. The number of benzene rings is 2. The van der Waals surface area contributed by atoms with Crippen LogP contribution in [-0.2, 0) is 4.79 Å². The lowest BCUT2D eigenvalue weighted by Crippen LogP contribution is -2.54. The SMILES string of the molecule is CC(C)CNC(=O)[C@H](NC(=O)c1ccc2c(c1)OCO2)C1CCN(C(=O)c2ccccc2)CC1. The Kier molecular flexibility index (Phi) is 7.35. The number of hydrogen-bond acceptors (Lipinski definition) is 5. The van der Waals surface area contributed by atoms with Gasteiger partial charge in [0.2, 0.25) is 12.7 Å². The van der Waals surface area contributed by atoms with E-state index >= 15 is 0 Å². The third-order valence-electron chi connectivity index (χ3n) is 6.21. The van der Waals surface area contributed by atoms with Crippen molar-refractivity contribution in [3.8, 4) is 11.5 Å². The number of fused-ring (bicyclic) bond motifs is 1. The fourth-order valence-electron chi connectivity index (χ4n) is 4.27. The quantitative estimate of drug-likeness (QED) is 0.656. The Bertz CT molecular complexity index is 1030. The Hall–Kier alpha value is -3.55. The molecule has 3 amide bonds. The molecular weight excluding hydrogens is 434 g/mol. The summed E-state index contributed by atoms with van der Waals surface area (Å²) in [6.45, 7) is 5.77. The lowest BCUT2D eigenvalue weighted by Gasteiger charge is -2.36. The number of likely N-dealkylation sites (tertiary alicyclic amines) is 1. The number of ether oxygens (including phenoxy) is 2. The van der Waals surface area contributed by atoms with Crippen molar-refractivity contribution in [3.63, 3.8) is 0 Å². The number of amides is 3. The highest BCUT2D eigenvalue weighted by molar-refractivity contribution is 5.98. The largest absolute Gasteiger partial charge is 0.454 e. The molecule has 2 aromatic rings. The number of carbonyl (C=O) groups is 3.